The van der Waals surface area contributed by atoms with Crippen molar-refractivity contribution in [2.45, 2.75) is 19.9 Å². The van der Waals surface area contributed by atoms with Crippen molar-refractivity contribution in [2.24, 2.45) is 0 Å². The molecule has 2 rings (SSSR count). The zero-order valence-electron chi connectivity index (χ0n) is 9.60. The van der Waals surface area contributed by atoms with Gasteiger partial charge in [-0.15, -0.1) is 0 Å². The van der Waals surface area contributed by atoms with Crippen LogP contribution in [0.3, 0.4) is 0 Å². The number of fused-ring (bicyclic) bond motifs is 1. The summed E-state index contributed by atoms with van der Waals surface area (Å²) in [6.07, 6.45) is 6.94. The Labute approximate surface area is 99.3 Å². The molecule has 4 nitrogen and oxygen atoms in total. The van der Waals surface area contributed by atoms with Crippen LogP contribution in [-0.2, 0) is 6.54 Å². The van der Waals surface area contributed by atoms with Crippen molar-refractivity contribution in [1.82, 2.24) is 14.5 Å². The minimum atomic E-state index is 0.518. The van der Waals surface area contributed by atoms with Gasteiger partial charge in [-0.2, -0.15) is 11.8 Å². The fraction of sp³-hybridized carbons (Fsp3) is 0.455. The number of nitrogen functional groups attached to an aromatic ring is 1. The van der Waals surface area contributed by atoms with E-state index in [1.807, 2.05) is 31.2 Å². The number of aryl methyl sites for hydroxylation is 2. The summed E-state index contributed by atoms with van der Waals surface area (Å²) in [5.74, 6) is 1.68. The van der Waals surface area contributed by atoms with Gasteiger partial charge in [-0.05, 0) is 30.9 Å². The molecule has 86 valence electrons. The van der Waals surface area contributed by atoms with Crippen LogP contribution >= 0.6 is 11.8 Å². The van der Waals surface area contributed by atoms with Gasteiger partial charge >= 0.3 is 0 Å². The lowest BCUT2D eigenvalue weighted by molar-refractivity contribution is 0.701. The number of nitrogens with zero attached hydrogens (tertiary/aromatic N) is 3. The van der Waals surface area contributed by atoms with E-state index in [-0.39, 0.29) is 0 Å². The molecule has 0 aliphatic rings. The molecule has 5 heteroatoms. The van der Waals surface area contributed by atoms with Crippen LogP contribution in [0, 0.1) is 6.92 Å². The Bertz CT molecular complexity index is 492. The van der Waals surface area contributed by atoms with Crippen LogP contribution in [-0.4, -0.2) is 26.5 Å². The fourth-order valence-electron chi connectivity index (χ4n) is 1.82. The van der Waals surface area contributed by atoms with Gasteiger partial charge in [0.25, 0.3) is 0 Å². The van der Waals surface area contributed by atoms with E-state index < -0.39 is 0 Å². The molecule has 0 spiro atoms. The maximum Gasteiger partial charge on any atom is 0.151 e. The number of anilines is 1. The zero-order chi connectivity index (χ0) is 11.5. The van der Waals surface area contributed by atoms with Crippen molar-refractivity contribution in [2.75, 3.05) is 17.7 Å². The van der Waals surface area contributed by atoms with E-state index >= 15 is 0 Å². The van der Waals surface area contributed by atoms with Crippen LogP contribution in [0.25, 0.3) is 11.0 Å². The summed E-state index contributed by atoms with van der Waals surface area (Å²) in [7, 11) is 0. The second-order valence-corrected chi connectivity index (χ2v) is 4.79. The minimum Gasteiger partial charge on any atom is -0.382 e. The van der Waals surface area contributed by atoms with E-state index in [9.17, 15) is 0 Å². The molecule has 2 aromatic rings. The predicted molar refractivity (Wildman–Crippen MR) is 69.7 cm³/mol. The highest BCUT2D eigenvalue weighted by Crippen LogP contribution is 2.21. The summed E-state index contributed by atoms with van der Waals surface area (Å²) >= 11 is 1.87. The Balaban J connectivity index is 2.36. The monoisotopic (exact) mass is 236 g/mol. The van der Waals surface area contributed by atoms with E-state index in [2.05, 4.69) is 20.8 Å². The largest absolute Gasteiger partial charge is 0.382 e. The van der Waals surface area contributed by atoms with Gasteiger partial charge in [0.05, 0.1) is 11.8 Å². The van der Waals surface area contributed by atoms with Gasteiger partial charge in [-0.3, -0.25) is 0 Å². The lowest BCUT2D eigenvalue weighted by Crippen LogP contribution is -2.00. The SMILES string of the molecule is CSCCCn1cnc2c(N)ncc(C)c21. The van der Waals surface area contributed by atoms with Crippen LogP contribution < -0.4 is 5.73 Å². The first-order valence-electron chi connectivity index (χ1n) is 5.29. The smallest absolute Gasteiger partial charge is 0.151 e. The highest BCUT2D eigenvalue weighted by Gasteiger charge is 2.08. The number of imidazole rings is 1. The summed E-state index contributed by atoms with van der Waals surface area (Å²) in [6.45, 7) is 3.03. The van der Waals surface area contributed by atoms with Crippen molar-refractivity contribution >= 4 is 28.6 Å². The van der Waals surface area contributed by atoms with Crippen molar-refractivity contribution < 1.29 is 0 Å². The number of pyridine rings is 1. The average Bonchev–Trinajstić information content (AvgIpc) is 2.69. The van der Waals surface area contributed by atoms with Gasteiger partial charge in [-0.1, -0.05) is 0 Å². The van der Waals surface area contributed by atoms with Crippen LogP contribution in [0.15, 0.2) is 12.5 Å². The van der Waals surface area contributed by atoms with Crippen LogP contribution in [0.2, 0.25) is 0 Å². The summed E-state index contributed by atoms with van der Waals surface area (Å²) in [5.41, 5.74) is 8.87. The third-order valence-corrected chi connectivity index (χ3v) is 3.30. The quantitative estimate of drug-likeness (QED) is 0.826. The molecule has 0 aliphatic heterocycles. The van der Waals surface area contributed by atoms with Gasteiger partial charge in [0.2, 0.25) is 0 Å². The van der Waals surface area contributed by atoms with E-state index in [1.165, 1.54) is 5.75 Å². The topological polar surface area (TPSA) is 56.7 Å². The van der Waals surface area contributed by atoms with Gasteiger partial charge in [-0.25, -0.2) is 9.97 Å². The molecule has 0 radical (unpaired) electrons. The van der Waals surface area contributed by atoms with Crippen LogP contribution in [0.1, 0.15) is 12.0 Å². The molecule has 0 aliphatic carbocycles. The van der Waals surface area contributed by atoms with Crippen LogP contribution in [0.4, 0.5) is 5.82 Å². The molecular formula is C11H16N4S. The van der Waals surface area contributed by atoms with Gasteiger partial charge in [0.15, 0.2) is 5.82 Å². The van der Waals surface area contributed by atoms with Gasteiger partial charge in [0, 0.05) is 12.7 Å². The number of thioether (sulfide) groups is 1. The second kappa shape index (κ2) is 4.74. The van der Waals surface area contributed by atoms with Crippen LogP contribution in [0.5, 0.6) is 0 Å². The Hall–Kier alpha value is -1.23. The Morgan fingerprint density at radius 2 is 2.25 bits per heavy atom. The third-order valence-electron chi connectivity index (χ3n) is 2.60. The number of nitrogens with two attached hydrogens (primary N) is 1. The number of aromatic nitrogens is 3. The van der Waals surface area contributed by atoms with E-state index in [0.29, 0.717) is 5.82 Å². The summed E-state index contributed by atoms with van der Waals surface area (Å²) in [5, 5.41) is 0. The first-order valence-corrected chi connectivity index (χ1v) is 6.68. The fourth-order valence-corrected chi connectivity index (χ4v) is 2.24. The van der Waals surface area contributed by atoms with Gasteiger partial charge < -0.3 is 10.3 Å². The van der Waals surface area contributed by atoms with Crippen molar-refractivity contribution in [3.05, 3.63) is 18.1 Å². The van der Waals surface area contributed by atoms with Gasteiger partial charge in [0.1, 0.15) is 5.52 Å². The maximum atomic E-state index is 5.80. The van der Waals surface area contributed by atoms with E-state index in [0.717, 1.165) is 29.6 Å². The van der Waals surface area contributed by atoms with Crippen molar-refractivity contribution in [1.29, 1.82) is 0 Å². The Morgan fingerprint density at radius 3 is 3.00 bits per heavy atom. The molecule has 0 bridgehead atoms. The molecule has 0 amide bonds. The van der Waals surface area contributed by atoms with Crippen molar-refractivity contribution in [3.8, 4) is 0 Å². The number of rotatable bonds is 4. The summed E-state index contributed by atoms with van der Waals surface area (Å²) < 4.78 is 2.17. The molecule has 2 N–H and O–H groups in total. The molecule has 2 heterocycles. The Morgan fingerprint density at radius 1 is 1.44 bits per heavy atom. The highest BCUT2D eigenvalue weighted by atomic mass is 32.2. The standard InChI is InChI=1S/C11H16N4S/c1-8-6-13-11(12)9-10(8)15(7-14-9)4-3-5-16-2/h6-7H,3-5H2,1-2H3,(H2,12,13). The van der Waals surface area contributed by atoms with E-state index in [1.54, 1.807) is 0 Å². The lowest BCUT2D eigenvalue weighted by Gasteiger charge is -2.05. The summed E-state index contributed by atoms with van der Waals surface area (Å²) in [4.78, 5) is 8.44. The molecular weight excluding hydrogens is 220 g/mol. The molecule has 0 unspecified atom stereocenters. The third kappa shape index (κ3) is 2.00. The first kappa shape index (κ1) is 11.3. The highest BCUT2D eigenvalue weighted by molar-refractivity contribution is 7.98. The average molecular weight is 236 g/mol. The predicted octanol–water partition coefficient (Wildman–Crippen LogP) is 2.08. The normalized spacial score (nSPS) is 11.1. The van der Waals surface area contributed by atoms with E-state index in [4.69, 9.17) is 5.73 Å². The minimum absolute atomic E-state index is 0.518. The summed E-state index contributed by atoms with van der Waals surface area (Å²) in [6, 6.07) is 0. The number of hydrogen-bond donors (Lipinski definition) is 1. The lowest BCUT2D eigenvalue weighted by atomic mass is 10.2. The molecule has 0 fully saturated rings. The molecule has 0 saturated carbocycles. The molecule has 0 saturated heterocycles. The molecule has 16 heavy (non-hydrogen) atoms. The first-order chi connectivity index (χ1) is 7.74. The second-order valence-electron chi connectivity index (χ2n) is 3.81. The maximum absolute atomic E-state index is 5.80. The number of hydrogen-bond acceptors (Lipinski definition) is 4. The molecule has 0 atom stereocenters. The molecule has 2 aromatic heterocycles. The van der Waals surface area contributed by atoms with Crippen molar-refractivity contribution in [3.63, 3.8) is 0 Å². The zero-order valence-corrected chi connectivity index (χ0v) is 10.4. The molecule has 0 aromatic carbocycles. The Kier molecular flexibility index (Phi) is 3.33.